The Morgan fingerprint density at radius 3 is 2.88 bits per heavy atom. The van der Waals surface area contributed by atoms with Gasteiger partial charge in [0.2, 0.25) is 0 Å². The monoisotopic (exact) mass is 337 g/mol. The van der Waals surface area contributed by atoms with Gasteiger partial charge in [-0.1, -0.05) is 30.3 Å². The lowest BCUT2D eigenvalue weighted by atomic mass is 10.1. The van der Waals surface area contributed by atoms with E-state index in [1.165, 1.54) is 11.3 Å². The third-order valence-corrected chi connectivity index (χ3v) is 4.56. The molecular formula is C17H15N5OS. The van der Waals surface area contributed by atoms with E-state index in [0.29, 0.717) is 12.2 Å². The Labute approximate surface area is 142 Å². The molecule has 7 heteroatoms. The first-order valence-corrected chi connectivity index (χ1v) is 8.41. The average Bonchev–Trinajstić information content (AvgIpc) is 3.32. The van der Waals surface area contributed by atoms with Crippen LogP contribution in [0, 0.1) is 0 Å². The van der Waals surface area contributed by atoms with Gasteiger partial charge in [-0.2, -0.15) is 0 Å². The molecular weight excluding hydrogens is 322 g/mol. The molecule has 4 aromatic rings. The van der Waals surface area contributed by atoms with Gasteiger partial charge in [-0.25, -0.2) is 9.97 Å². The summed E-state index contributed by atoms with van der Waals surface area (Å²) >= 11 is 1.50. The normalized spacial score (nSPS) is 12.3. The molecule has 1 N–H and O–H groups in total. The van der Waals surface area contributed by atoms with Crippen LogP contribution in [-0.4, -0.2) is 24.8 Å². The fraction of sp³-hybridized carbons (Fsp3) is 0.118. The number of aromatic nitrogens is 4. The Hall–Kier alpha value is -2.93. The summed E-state index contributed by atoms with van der Waals surface area (Å²) < 4.78 is 3.80. The minimum Gasteiger partial charge on any atom is -0.342 e. The lowest BCUT2D eigenvalue weighted by Crippen LogP contribution is -2.31. The molecule has 0 saturated heterocycles. The molecule has 0 aliphatic rings. The molecule has 0 spiro atoms. The average molecular weight is 337 g/mol. The molecule has 0 saturated carbocycles. The number of benzene rings is 1. The van der Waals surface area contributed by atoms with Crippen molar-refractivity contribution in [2.24, 2.45) is 0 Å². The second-order valence-corrected chi connectivity index (χ2v) is 6.29. The first kappa shape index (κ1) is 14.6. The molecule has 0 unspecified atom stereocenters. The van der Waals surface area contributed by atoms with E-state index in [0.717, 1.165) is 10.5 Å². The molecule has 3 aromatic heterocycles. The molecule has 0 aliphatic carbocycles. The van der Waals surface area contributed by atoms with E-state index in [1.54, 1.807) is 18.7 Å². The van der Waals surface area contributed by atoms with Crippen molar-refractivity contribution >= 4 is 22.2 Å². The van der Waals surface area contributed by atoms with E-state index in [1.807, 2.05) is 57.1 Å². The number of amides is 1. The molecule has 1 aromatic carbocycles. The zero-order valence-corrected chi connectivity index (χ0v) is 13.6. The Morgan fingerprint density at radius 2 is 2.12 bits per heavy atom. The van der Waals surface area contributed by atoms with Gasteiger partial charge in [0, 0.05) is 36.7 Å². The van der Waals surface area contributed by atoms with E-state index < -0.39 is 0 Å². The largest absolute Gasteiger partial charge is 0.342 e. The topological polar surface area (TPSA) is 64.2 Å². The van der Waals surface area contributed by atoms with E-state index in [2.05, 4.69) is 15.3 Å². The summed E-state index contributed by atoms with van der Waals surface area (Å²) in [5, 5.41) is 5.02. The first-order valence-electron chi connectivity index (χ1n) is 7.53. The quantitative estimate of drug-likeness (QED) is 0.609. The van der Waals surface area contributed by atoms with Gasteiger partial charge < -0.3 is 9.88 Å². The standard InChI is InChI=1S/C17H15N5OS/c23-16(15-11-22-8-9-24-17(22)20-15)19-14(10-21-7-6-18-12-21)13-4-2-1-3-5-13/h1-9,11-12,14H,10H2,(H,19,23)/t14-/m0/s1. The smallest absolute Gasteiger partial charge is 0.272 e. The predicted octanol–water partition coefficient (Wildman–Crippen LogP) is 2.76. The number of nitrogens with zero attached hydrogens (tertiary/aromatic N) is 4. The van der Waals surface area contributed by atoms with Crippen molar-refractivity contribution in [3.05, 3.63) is 78.1 Å². The SMILES string of the molecule is O=C(N[C@@H](Cn1ccnc1)c1ccccc1)c1cn2ccsc2n1. The van der Waals surface area contributed by atoms with Gasteiger partial charge in [-0.3, -0.25) is 9.20 Å². The molecule has 24 heavy (non-hydrogen) atoms. The summed E-state index contributed by atoms with van der Waals surface area (Å²) in [6.07, 6.45) is 9.00. The number of hydrogen-bond donors (Lipinski definition) is 1. The molecule has 0 aliphatic heterocycles. The van der Waals surface area contributed by atoms with Gasteiger partial charge in [-0.05, 0) is 5.56 Å². The molecule has 1 amide bonds. The molecule has 6 nitrogen and oxygen atoms in total. The Kier molecular flexibility index (Phi) is 3.84. The van der Waals surface area contributed by atoms with Gasteiger partial charge in [0.1, 0.15) is 5.69 Å². The van der Waals surface area contributed by atoms with Crippen molar-refractivity contribution in [1.29, 1.82) is 0 Å². The van der Waals surface area contributed by atoms with Crippen molar-refractivity contribution in [3.63, 3.8) is 0 Å². The van der Waals surface area contributed by atoms with Gasteiger partial charge >= 0.3 is 0 Å². The zero-order chi connectivity index (χ0) is 16.4. The van der Waals surface area contributed by atoms with E-state index >= 15 is 0 Å². The number of fused-ring (bicyclic) bond motifs is 1. The number of thiazole rings is 1. The summed E-state index contributed by atoms with van der Waals surface area (Å²) in [7, 11) is 0. The third-order valence-electron chi connectivity index (χ3n) is 3.79. The molecule has 0 radical (unpaired) electrons. The highest BCUT2D eigenvalue weighted by atomic mass is 32.1. The maximum absolute atomic E-state index is 12.6. The minimum absolute atomic E-state index is 0.160. The van der Waals surface area contributed by atoms with Crippen LogP contribution in [0.5, 0.6) is 0 Å². The van der Waals surface area contributed by atoms with Crippen LogP contribution in [0.3, 0.4) is 0 Å². The first-order chi connectivity index (χ1) is 11.8. The van der Waals surface area contributed by atoms with Crippen molar-refractivity contribution in [2.75, 3.05) is 0 Å². The Morgan fingerprint density at radius 1 is 1.25 bits per heavy atom. The van der Waals surface area contributed by atoms with E-state index in [4.69, 9.17) is 0 Å². The van der Waals surface area contributed by atoms with Crippen molar-refractivity contribution < 1.29 is 4.79 Å². The lowest BCUT2D eigenvalue weighted by Gasteiger charge is -2.19. The second kappa shape index (κ2) is 6.29. The van der Waals surface area contributed by atoms with Gasteiger partial charge in [0.25, 0.3) is 5.91 Å². The fourth-order valence-electron chi connectivity index (χ4n) is 2.59. The Bertz CT molecular complexity index is 913. The van der Waals surface area contributed by atoms with Crippen molar-refractivity contribution in [3.8, 4) is 0 Å². The van der Waals surface area contributed by atoms with Crippen LogP contribution in [-0.2, 0) is 6.54 Å². The molecule has 0 bridgehead atoms. The van der Waals surface area contributed by atoms with E-state index in [9.17, 15) is 4.79 Å². The molecule has 3 heterocycles. The van der Waals surface area contributed by atoms with Gasteiger partial charge in [0.15, 0.2) is 4.96 Å². The Balaban J connectivity index is 1.58. The lowest BCUT2D eigenvalue weighted by molar-refractivity contribution is 0.0928. The molecule has 4 rings (SSSR count). The van der Waals surface area contributed by atoms with Gasteiger partial charge in [0.05, 0.1) is 12.4 Å². The maximum Gasteiger partial charge on any atom is 0.272 e. The number of carbonyl (C=O) groups is 1. The number of nitrogens with one attached hydrogen (secondary N) is 1. The number of imidazole rings is 2. The summed E-state index contributed by atoms with van der Waals surface area (Å²) in [6.45, 7) is 0.609. The van der Waals surface area contributed by atoms with Crippen LogP contribution in [0.2, 0.25) is 0 Å². The highest BCUT2D eigenvalue weighted by Gasteiger charge is 2.18. The van der Waals surface area contributed by atoms with Gasteiger partial charge in [-0.15, -0.1) is 11.3 Å². The molecule has 120 valence electrons. The third kappa shape index (κ3) is 2.93. The number of carbonyl (C=O) groups excluding carboxylic acids is 1. The number of rotatable bonds is 5. The highest BCUT2D eigenvalue weighted by molar-refractivity contribution is 7.15. The maximum atomic E-state index is 12.6. The van der Waals surface area contributed by atoms with E-state index in [-0.39, 0.29) is 11.9 Å². The summed E-state index contributed by atoms with van der Waals surface area (Å²) in [4.78, 5) is 21.9. The number of hydrogen-bond acceptors (Lipinski definition) is 4. The van der Waals surface area contributed by atoms with Crippen LogP contribution in [0.15, 0.2) is 66.8 Å². The second-order valence-electron chi connectivity index (χ2n) is 5.42. The van der Waals surface area contributed by atoms with Crippen LogP contribution in [0.1, 0.15) is 22.1 Å². The molecule has 1 atom stereocenters. The molecule has 0 fully saturated rings. The predicted molar refractivity (Wildman–Crippen MR) is 91.9 cm³/mol. The summed E-state index contributed by atoms with van der Waals surface area (Å²) in [5.41, 5.74) is 1.47. The minimum atomic E-state index is -0.181. The highest BCUT2D eigenvalue weighted by Crippen LogP contribution is 2.17. The van der Waals surface area contributed by atoms with Crippen LogP contribution in [0.25, 0.3) is 4.96 Å². The van der Waals surface area contributed by atoms with Crippen molar-refractivity contribution in [2.45, 2.75) is 12.6 Å². The fourth-order valence-corrected chi connectivity index (χ4v) is 3.29. The summed E-state index contributed by atoms with van der Waals surface area (Å²) in [6, 6.07) is 9.75. The van der Waals surface area contributed by atoms with Crippen LogP contribution < -0.4 is 5.32 Å². The summed E-state index contributed by atoms with van der Waals surface area (Å²) in [5.74, 6) is -0.181. The zero-order valence-electron chi connectivity index (χ0n) is 12.7. The van der Waals surface area contributed by atoms with Crippen LogP contribution >= 0.6 is 11.3 Å². The van der Waals surface area contributed by atoms with Crippen molar-refractivity contribution in [1.82, 2.24) is 24.3 Å². The van der Waals surface area contributed by atoms with Crippen LogP contribution in [0.4, 0.5) is 0 Å².